The Balaban J connectivity index is 1.87. The van der Waals surface area contributed by atoms with Crippen LogP contribution in [-0.4, -0.2) is 25.7 Å². The molecule has 9 nitrogen and oxygen atoms in total. The minimum absolute atomic E-state index is 0.137. The van der Waals surface area contributed by atoms with Crippen molar-refractivity contribution in [3.8, 4) is 11.4 Å². The molecule has 0 aliphatic carbocycles. The van der Waals surface area contributed by atoms with Gasteiger partial charge in [0.2, 0.25) is 5.43 Å². The van der Waals surface area contributed by atoms with E-state index in [0.29, 0.717) is 16.4 Å². The van der Waals surface area contributed by atoms with Gasteiger partial charge in [-0.15, -0.1) is 0 Å². The van der Waals surface area contributed by atoms with Crippen molar-refractivity contribution in [2.45, 2.75) is 13.5 Å². The summed E-state index contributed by atoms with van der Waals surface area (Å²) < 4.78 is 1.43. The van der Waals surface area contributed by atoms with Crippen LogP contribution in [0.2, 0.25) is 5.02 Å². The zero-order valence-corrected chi connectivity index (χ0v) is 15.9. The molecule has 0 bridgehead atoms. The van der Waals surface area contributed by atoms with Crippen molar-refractivity contribution in [2.24, 2.45) is 0 Å². The Hall–Kier alpha value is -3.72. The molecule has 1 aromatic heterocycles. The van der Waals surface area contributed by atoms with Crippen LogP contribution in [0.4, 0.5) is 5.69 Å². The van der Waals surface area contributed by atoms with Crippen LogP contribution in [-0.2, 0) is 6.54 Å². The summed E-state index contributed by atoms with van der Waals surface area (Å²) in [5.74, 6) is -0.991. The third-order valence-electron chi connectivity index (χ3n) is 4.11. The van der Waals surface area contributed by atoms with Crippen molar-refractivity contribution in [3.05, 3.63) is 90.8 Å². The second-order valence-electron chi connectivity index (χ2n) is 6.14. The zero-order valence-electron chi connectivity index (χ0n) is 15.1. The zero-order chi connectivity index (χ0) is 21.1. The van der Waals surface area contributed by atoms with E-state index >= 15 is 0 Å². The Kier molecular flexibility index (Phi) is 5.60. The van der Waals surface area contributed by atoms with E-state index < -0.39 is 16.3 Å². The summed E-state index contributed by atoms with van der Waals surface area (Å²) in [7, 11) is 0. The van der Waals surface area contributed by atoms with Crippen molar-refractivity contribution >= 4 is 23.2 Å². The second-order valence-corrected chi connectivity index (χ2v) is 6.58. The van der Waals surface area contributed by atoms with Crippen molar-refractivity contribution in [1.82, 2.24) is 15.1 Å². The molecule has 0 aliphatic heterocycles. The number of carbonyl (C=O) groups is 1. The van der Waals surface area contributed by atoms with Gasteiger partial charge in [0.15, 0.2) is 5.69 Å². The Morgan fingerprint density at radius 2 is 1.93 bits per heavy atom. The number of amides is 1. The fourth-order valence-electron chi connectivity index (χ4n) is 2.63. The van der Waals surface area contributed by atoms with Gasteiger partial charge in [0.25, 0.3) is 11.6 Å². The van der Waals surface area contributed by atoms with Crippen LogP contribution in [0.25, 0.3) is 5.69 Å². The summed E-state index contributed by atoms with van der Waals surface area (Å²) in [4.78, 5) is 35.0. The van der Waals surface area contributed by atoms with Gasteiger partial charge in [0.1, 0.15) is 5.75 Å². The van der Waals surface area contributed by atoms with Gasteiger partial charge in [-0.05, 0) is 37.3 Å². The molecule has 29 heavy (non-hydrogen) atoms. The van der Waals surface area contributed by atoms with E-state index in [1.807, 2.05) is 0 Å². The van der Waals surface area contributed by atoms with Crippen LogP contribution < -0.4 is 10.7 Å². The van der Waals surface area contributed by atoms with E-state index in [4.69, 9.17) is 11.6 Å². The Labute approximate surface area is 169 Å². The molecule has 3 rings (SSSR count). The number of phenols is 1. The average Bonchev–Trinajstić information content (AvgIpc) is 2.68. The minimum atomic E-state index is -0.774. The number of hydrogen-bond donors (Lipinski definition) is 2. The lowest BCUT2D eigenvalue weighted by atomic mass is 10.1. The highest BCUT2D eigenvalue weighted by Crippen LogP contribution is 2.22. The number of nitro groups is 1. The van der Waals surface area contributed by atoms with E-state index in [1.165, 1.54) is 10.7 Å². The molecule has 0 spiro atoms. The summed E-state index contributed by atoms with van der Waals surface area (Å²) in [5, 5.41) is 27.8. The monoisotopic (exact) mass is 414 g/mol. The highest BCUT2D eigenvalue weighted by Gasteiger charge is 2.17. The van der Waals surface area contributed by atoms with Crippen molar-refractivity contribution in [1.29, 1.82) is 0 Å². The molecule has 148 valence electrons. The summed E-state index contributed by atoms with van der Waals surface area (Å²) >= 11 is 5.88. The number of phenolic OH excluding ortho intramolecular Hbond substituents is 1. The molecular weight excluding hydrogens is 400 g/mol. The standard InChI is InChI=1S/C19H15ClN4O5/c1-11-8-17(26)18(22-23(11)14-4-2-13(20)3-5-14)19(27)21-10-12-9-15(24(28)29)6-7-16(12)25/h2-9,25H,10H2,1H3,(H,21,27). The molecule has 2 N–H and O–H groups in total. The number of aromatic hydroxyl groups is 1. The molecule has 0 unspecified atom stereocenters. The molecule has 0 saturated carbocycles. The minimum Gasteiger partial charge on any atom is -0.508 e. The lowest BCUT2D eigenvalue weighted by Gasteiger charge is -2.12. The van der Waals surface area contributed by atoms with Gasteiger partial charge in [-0.2, -0.15) is 5.10 Å². The lowest BCUT2D eigenvalue weighted by Crippen LogP contribution is -2.31. The fourth-order valence-corrected chi connectivity index (χ4v) is 2.76. The second kappa shape index (κ2) is 8.11. The maximum Gasteiger partial charge on any atom is 0.276 e. The largest absolute Gasteiger partial charge is 0.508 e. The van der Waals surface area contributed by atoms with Gasteiger partial charge in [-0.1, -0.05) is 11.6 Å². The molecule has 0 atom stereocenters. The van der Waals surface area contributed by atoms with Crippen LogP contribution in [0.3, 0.4) is 0 Å². The molecule has 0 saturated heterocycles. The van der Waals surface area contributed by atoms with E-state index in [-0.39, 0.29) is 29.2 Å². The molecule has 0 fully saturated rings. The molecule has 1 amide bonds. The smallest absolute Gasteiger partial charge is 0.276 e. The third kappa shape index (κ3) is 4.41. The number of aryl methyl sites for hydroxylation is 1. The molecule has 1 heterocycles. The normalized spacial score (nSPS) is 10.6. The summed E-state index contributed by atoms with van der Waals surface area (Å²) in [6.07, 6.45) is 0. The van der Waals surface area contributed by atoms with E-state index in [9.17, 15) is 24.8 Å². The number of halogens is 1. The number of rotatable bonds is 5. The van der Waals surface area contributed by atoms with Crippen LogP contribution in [0.5, 0.6) is 5.75 Å². The SMILES string of the molecule is Cc1cc(=O)c(C(=O)NCc2cc([N+](=O)[O-])ccc2O)nn1-c1ccc(Cl)cc1. The van der Waals surface area contributed by atoms with E-state index in [2.05, 4.69) is 10.4 Å². The topological polar surface area (TPSA) is 127 Å². The highest BCUT2D eigenvalue weighted by molar-refractivity contribution is 6.30. The Bertz CT molecular complexity index is 1160. The number of nitrogens with zero attached hydrogens (tertiary/aromatic N) is 3. The fraction of sp³-hybridized carbons (Fsp3) is 0.105. The van der Waals surface area contributed by atoms with Crippen molar-refractivity contribution < 1.29 is 14.8 Å². The van der Waals surface area contributed by atoms with Crippen molar-refractivity contribution in [2.75, 3.05) is 0 Å². The van der Waals surface area contributed by atoms with Crippen LogP contribution >= 0.6 is 11.6 Å². The van der Waals surface area contributed by atoms with Gasteiger partial charge < -0.3 is 10.4 Å². The average molecular weight is 415 g/mol. The summed E-state index contributed by atoms with van der Waals surface area (Å²) in [5.41, 5.74) is 0.106. The van der Waals surface area contributed by atoms with E-state index in [1.54, 1.807) is 31.2 Å². The summed E-state index contributed by atoms with van der Waals surface area (Å²) in [6.45, 7) is 1.45. The number of aromatic nitrogens is 2. The molecule has 2 aromatic carbocycles. The Morgan fingerprint density at radius 3 is 2.59 bits per heavy atom. The maximum absolute atomic E-state index is 12.5. The predicted molar refractivity (Wildman–Crippen MR) is 106 cm³/mol. The maximum atomic E-state index is 12.5. The highest BCUT2D eigenvalue weighted by atomic mass is 35.5. The van der Waals surface area contributed by atoms with Gasteiger partial charge in [-0.25, -0.2) is 4.68 Å². The van der Waals surface area contributed by atoms with Crippen LogP contribution in [0, 0.1) is 17.0 Å². The number of nitro benzene ring substituents is 1. The number of benzene rings is 2. The van der Waals surface area contributed by atoms with Crippen molar-refractivity contribution in [3.63, 3.8) is 0 Å². The lowest BCUT2D eigenvalue weighted by molar-refractivity contribution is -0.384. The Morgan fingerprint density at radius 1 is 1.24 bits per heavy atom. The van der Waals surface area contributed by atoms with Gasteiger partial charge in [0, 0.05) is 41.0 Å². The number of hydrogen-bond acceptors (Lipinski definition) is 6. The first-order chi connectivity index (χ1) is 13.8. The first-order valence-electron chi connectivity index (χ1n) is 8.37. The summed E-state index contributed by atoms with van der Waals surface area (Å²) in [6, 6.07) is 11.4. The van der Waals surface area contributed by atoms with Crippen LogP contribution in [0.1, 0.15) is 21.7 Å². The first-order valence-corrected chi connectivity index (χ1v) is 8.75. The van der Waals surface area contributed by atoms with E-state index in [0.717, 1.165) is 18.2 Å². The number of carbonyl (C=O) groups excluding carboxylic acids is 1. The molecule has 10 heteroatoms. The predicted octanol–water partition coefficient (Wildman–Crippen LogP) is 2.74. The number of nitrogens with one attached hydrogen (secondary N) is 1. The molecule has 0 aliphatic rings. The first kappa shape index (κ1) is 20.0. The van der Waals surface area contributed by atoms with Gasteiger partial charge in [0.05, 0.1) is 10.6 Å². The van der Waals surface area contributed by atoms with Crippen LogP contribution in [0.15, 0.2) is 53.3 Å². The van der Waals surface area contributed by atoms with Gasteiger partial charge in [-0.3, -0.25) is 19.7 Å². The number of non-ortho nitro benzene ring substituents is 1. The quantitative estimate of drug-likeness (QED) is 0.488. The molecule has 0 radical (unpaired) electrons. The third-order valence-corrected chi connectivity index (χ3v) is 4.36. The molecule has 3 aromatic rings. The molecular formula is C19H15ClN4O5. The van der Waals surface area contributed by atoms with Gasteiger partial charge >= 0.3 is 0 Å².